The summed E-state index contributed by atoms with van der Waals surface area (Å²) in [5, 5.41) is 0.679. The number of benzene rings is 2. The minimum atomic E-state index is -0.223. The van der Waals surface area contributed by atoms with E-state index in [0.717, 1.165) is 11.3 Å². The van der Waals surface area contributed by atoms with E-state index in [1.807, 2.05) is 48.5 Å². The van der Waals surface area contributed by atoms with Crippen molar-refractivity contribution in [1.29, 1.82) is 0 Å². The van der Waals surface area contributed by atoms with Crippen LogP contribution in [-0.2, 0) is 0 Å². The molecule has 2 N–H and O–H groups in total. The highest BCUT2D eigenvalue weighted by Crippen LogP contribution is 2.27. The van der Waals surface area contributed by atoms with Crippen LogP contribution < -0.4 is 10.5 Å². The Labute approximate surface area is 125 Å². The van der Waals surface area contributed by atoms with Gasteiger partial charge in [-0.15, -0.1) is 0 Å². The van der Waals surface area contributed by atoms with E-state index >= 15 is 0 Å². The van der Waals surface area contributed by atoms with Gasteiger partial charge in [0.15, 0.2) is 0 Å². The maximum Gasteiger partial charge on any atom is 0.137 e. The average molecular weight is 374 g/mol. The van der Waals surface area contributed by atoms with Crippen LogP contribution in [0.15, 0.2) is 48.5 Å². The van der Waals surface area contributed by atoms with Gasteiger partial charge in [-0.25, -0.2) is 0 Å². The minimum Gasteiger partial charge on any atom is -0.484 e. The van der Waals surface area contributed by atoms with Crippen molar-refractivity contribution in [3.8, 4) is 5.75 Å². The van der Waals surface area contributed by atoms with Crippen molar-refractivity contribution in [2.45, 2.75) is 6.10 Å². The second-order valence-electron chi connectivity index (χ2n) is 3.82. The minimum absolute atomic E-state index is 0.223. The maximum atomic E-state index is 6.15. The molecule has 2 aromatic rings. The van der Waals surface area contributed by atoms with Gasteiger partial charge in [0.1, 0.15) is 11.9 Å². The molecule has 0 radical (unpaired) electrons. The molecule has 0 aliphatic heterocycles. The zero-order valence-electron chi connectivity index (χ0n) is 9.64. The van der Waals surface area contributed by atoms with Gasteiger partial charge in [-0.05, 0) is 52.9 Å². The van der Waals surface area contributed by atoms with Crippen LogP contribution in [0.4, 0.5) is 0 Å². The summed E-state index contributed by atoms with van der Waals surface area (Å²) in [5.41, 5.74) is 6.68. The van der Waals surface area contributed by atoms with Gasteiger partial charge in [0.25, 0.3) is 0 Å². The summed E-state index contributed by atoms with van der Waals surface area (Å²) in [6.07, 6.45) is -0.223. The van der Waals surface area contributed by atoms with Crippen molar-refractivity contribution >= 4 is 34.2 Å². The largest absolute Gasteiger partial charge is 0.484 e. The average Bonchev–Trinajstić information content (AvgIpc) is 2.39. The predicted octanol–water partition coefficient (Wildman–Crippen LogP) is 4.02. The Morgan fingerprint density at radius 3 is 2.39 bits per heavy atom. The Bertz CT molecular complexity index is 515. The quantitative estimate of drug-likeness (QED) is 0.822. The van der Waals surface area contributed by atoms with E-state index in [9.17, 15) is 0 Å². The Morgan fingerprint density at radius 1 is 1.11 bits per heavy atom. The molecule has 18 heavy (non-hydrogen) atoms. The fraction of sp³-hybridized carbons (Fsp3) is 0.143. The van der Waals surface area contributed by atoms with Crippen LogP contribution in [0, 0.1) is 3.57 Å². The van der Waals surface area contributed by atoms with Crippen molar-refractivity contribution in [2.75, 3.05) is 6.54 Å². The van der Waals surface area contributed by atoms with Gasteiger partial charge < -0.3 is 10.5 Å². The number of ether oxygens (including phenoxy) is 1. The van der Waals surface area contributed by atoms with E-state index < -0.39 is 0 Å². The van der Waals surface area contributed by atoms with Gasteiger partial charge in [-0.1, -0.05) is 29.8 Å². The van der Waals surface area contributed by atoms with Gasteiger partial charge in [0.05, 0.1) is 0 Å². The molecule has 0 heterocycles. The molecule has 0 fully saturated rings. The first-order valence-corrected chi connectivity index (χ1v) is 7.03. The highest BCUT2D eigenvalue weighted by atomic mass is 127. The van der Waals surface area contributed by atoms with Gasteiger partial charge in [0.2, 0.25) is 0 Å². The molecule has 2 nitrogen and oxygen atoms in total. The smallest absolute Gasteiger partial charge is 0.137 e. The number of halogens is 2. The van der Waals surface area contributed by atoms with E-state index in [0.29, 0.717) is 11.6 Å². The molecule has 0 saturated heterocycles. The molecule has 2 rings (SSSR count). The topological polar surface area (TPSA) is 35.2 Å². The normalized spacial score (nSPS) is 12.2. The number of rotatable bonds is 4. The van der Waals surface area contributed by atoms with Crippen molar-refractivity contribution < 1.29 is 4.74 Å². The van der Waals surface area contributed by atoms with Crippen LogP contribution in [0.25, 0.3) is 0 Å². The van der Waals surface area contributed by atoms with Crippen molar-refractivity contribution in [2.24, 2.45) is 5.73 Å². The van der Waals surface area contributed by atoms with E-state index in [1.165, 1.54) is 3.57 Å². The molecule has 1 atom stereocenters. The summed E-state index contributed by atoms with van der Waals surface area (Å²) in [6.45, 7) is 0.385. The first-order chi connectivity index (χ1) is 8.70. The SMILES string of the molecule is NCC(Oc1ccc(I)cc1)c1ccccc1Cl. The Hall–Kier alpha value is -0.780. The third kappa shape index (κ3) is 3.37. The van der Waals surface area contributed by atoms with Crippen LogP contribution in [0.2, 0.25) is 5.02 Å². The maximum absolute atomic E-state index is 6.15. The molecule has 0 amide bonds. The van der Waals surface area contributed by atoms with Gasteiger partial charge in [0, 0.05) is 20.7 Å². The van der Waals surface area contributed by atoms with Crippen molar-refractivity contribution in [3.63, 3.8) is 0 Å². The Morgan fingerprint density at radius 2 is 1.78 bits per heavy atom. The lowest BCUT2D eigenvalue weighted by molar-refractivity contribution is 0.214. The number of hydrogen-bond donors (Lipinski definition) is 1. The van der Waals surface area contributed by atoms with E-state index in [1.54, 1.807) is 0 Å². The van der Waals surface area contributed by atoms with E-state index in [-0.39, 0.29) is 6.10 Å². The zero-order valence-corrected chi connectivity index (χ0v) is 12.6. The summed E-state index contributed by atoms with van der Waals surface area (Å²) in [5.74, 6) is 0.797. The zero-order chi connectivity index (χ0) is 13.0. The molecule has 0 aliphatic rings. The van der Waals surface area contributed by atoms with Crippen LogP contribution in [0.1, 0.15) is 11.7 Å². The van der Waals surface area contributed by atoms with Crippen LogP contribution >= 0.6 is 34.2 Å². The standard InChI is InChI=1S/C14H13ClINO/c15-13-4-2-1-3-12(13)14(9-17)18-11-7-5-10(16)6-8-11/h1-8,14H,9,17H2. The lowest BCUT2D eigenvalue weighted by Crippen LogP contribution is -2.18. The van der Waals surface area contributed by atoms with E-state index in [4.69, 9.17) is 22.1 Å². The summed E-state index contributed by atoms with van der Waals surface area (Å²) < 4.78 is 7.04. The number of nitrogens with two attached hydrogens (primary N) is 1. The highest BCUT2D eigenvalue weighted by molar-refractivity contribution is 14.1. The van der Waals surface area contributed by atoms with Crippen LogP contribution in [0.5, 0.6) is 5.75 Å². The van der Waals surface area contributed by atoms with Crippen molar-refractivity contribution in [1.82, 2.24) is 0 Å². The number of hydrogen-bond acceptors (Lipinski definition) is 2. The molecule has 1 unspecified atom stereocenters. The Kier molecular flexibility index (Phi) is 4.86. The van der Waals surface area contributed by atoms with Gasteiger partial charge >= 0.3 is 0 Å². The summed E-state index contributed by atoms with van der Waals surface area (Å²) in [4.78, 5) is 0. The third-order valence-electron chi connectivity index (χ3n) is 2.56. The summed E-state index contributed by atoms with van der Waals surface area (Å²) in [7, 11) is 0. The van der Waals surface area contributed by atoms with Gasteiger partial charge in [-0.2, -0.15) is 0 Å². The molecule has 0 bridgehead atoms. The molecule has 0 aromatic heterocycles. The van der Waals surface area contributed by atoms with Gasteiger partial charge in [-0.3, -0.25) is 0 Å². The first kappa shape index (κ1) is 13.6. The fourth-order valence-corrected chi connectivity index (χ4v) is 2.27. The predicted molar refractivity (Wildman–Crippen MR) is 83.0 cm³/mol. The first-order valence-electron chi connectivity index (χ1n) is 5.57. The highest BCUT2D eigenvalue weighted by Gasteiger charge is 2.14. The van der Waals surface area contributed by atoms with Crippen molar-refractivity contribution in [3.05, 3.63) is 62.7 Å². The molecule has 2 aromatic carbocycles. The molecule has 0 saturated carbocycles. The lowest BCUT2D eigenvalue weighted by Gasteiger charge is -2.19. The lowest BCUT2D eigenvalue weighted by atomic mass is 10.1. The molecule has 4 heteroatoms. The molecule has 0 aliphatic carbocycles. The molecule has 94 valence electrons. The van der Waals surface area contributed by atoms with E-state index in [2.05, 4.69) is 22.6 Å². The third-order valence-corrected chi connectivity index (χ3v) is 3.62. The van der Waals surface area contributed by atoms with Crippen LogP contribution in [-0.4, -0.2) is 6.54 Å². The second kappa shape index (κ2) is 6.41. The summed E-state index contributed by atoms with van der Waals surface area (Å²) >= 11 is 8.41. The second-order valence-corrected chi connectivity index (χ2v) is 5.47. The molecular formula is C14H13ClINO. The monoisotopic (exact) mass is 373 g/mol. The fourth-order valence-electron chi connectivity index (χ4n) is 1.65. The Balaban J connectivity index is 2.20. The molecule has 0 spiro atoms. The summed E-state index contributed by atoms with van der Waals surface area (Å²) in [6, 6.07) is 15.5. The molecular weight excluding hydrogens is 361 g/mol. The van der Waals surface area contributed by atoms with Crippen LogP contribution in [0.3, 0.4) is 0 Å².